The average Bonchev–Trinajstić information content (AvgIpc) is 2.66. The molecule has 79 valence electrons. The van der Waals surface area contributed by atoms with Crippen LogP contribution in [0.5, 0.6) is 6.01 Å². The first-order valence-corrected chi connectivity index (χ1v) is 4.96. The van der Waals surface area contributed by atoms with Gasteiger partial charge in [0.1, 0.15) is 11.0 Å². The molecule has 2 rings (SSSR count). The highest BCUT2D eigenvalue weighted by atomic mass is 16.5. The Labute approximate surface area is 87.7 Å². The van der Waals surface area contributed by atoms with Gasteiger partial charge in [0, 0.05) is 12.3 Å². The summed E-state index contributed by atoms with van der Waals surface area (Å²) in [6.45, 7) is 2.72. The van der Waals surface area contributed by atoms with Gasteiger partial charge in [-0.25, -0.2) is 0 Å². The molecular weight excluding hydrogens is 192 g/mol. The molecule has 0 fully saturated rings. The van der Waals surface area contributed by atoms with Crippen LogP contribution in [0, 0.1) is 6.07 Å². The Hall–Kier alpha value is -1.78. The monoisotopic (exact) mass is 205 g/mol. The Balaban J connectivity index is 2.21. The Morgan fingerprint density at radius 1 is 1.53 bits per heavy atom. The lowest BCUT2D eigenvalue weighted by Gasteiger charge is -2.03. The van der Waals surface area contributed by atoms with E-state index in [0.717, 1.165) is 12.8 Å². The Morgan fingerprint density at radius 3 is 3.20 bits per heavy atom. The molecule has 5 heteroatoms. The fourth-order valence-electron chi connectivity index (χ4n) is 1.25. The second kappa shape index (κ2) is 4.16. The van der Waals surface area contributed by atoms with Gasteiger partial charge in [-0.1, -0.05) is 13.3 Å². The fourth-order valence-corrected chi connectivity index (χ4v) is 1.25. The topological polar surface area (TPSA) is 76.8 Å². The third kappa shape index (κ3) is 2.01. The quantitative estimate of drug-likeness (QED) is 0.742. The molecule has 0 aliphatic heterocycles. The smallest absolute Gasteiger partial charge is 0.319 e. The number of nitrogens with zero attached hydrogens (tertiary/aromatic N) is 2. The summed E-state index contributed by atoms with van der Waals surface area (Å²) in [5, 5.41) is 0. The predicted molar refractivity (Wildman–Crippen MR) is 57.5 cm³/mol. The van der Waals surface area contributed by atoms with Gasteiger partial charge in [0.05, 0.1) is 6.61 Å². The predicted octanol–water partition coefficient (Wildman–Crippen LogP) is 1.52. The molecule has 0 aliphatic carbocycles. The third-order valence-corrected chi connectivity index (χ3v) is 2.07. The van der Waals surface area contributed by atoms with Crippen LogP contribution in [0.4, 0.5) is 5.82 Å². The number of aromatic nitrogens is 3. The van der Waals surface area contributed by atoms with E-state index in [9.17, 15) is 0 Å². The van der Waals surface area contributed by atoms with Gasteiger partial charge in [0.2, 0.25) is 0 Å². The Morgan fingerprint density at radius 2 is 2.40 bits per heavy atom. The van der Waals surface area contributed by atoms with Crippen molar-refractivity contribution in [2.45, 2.75) is 19.8 Å². The van der Waals surface area contributed by atoms with Crippen LogP contribution in [-0.4, -0.2) is 21.6 Å². The van der Waals surface area contributed by atoms with E-state index in [2.05, 4.69) is 27.9 Å². The number of nitrogens with one attached hydrogen (secondary N) is 1. The normalized spacial score (nSPS) is 10.7. The first kappa shape index (κ1) is 9.76. The highest BCUT2D eigenvalue weighted by Crippen LogP contribution is 2.18. The number of hydrogen-bond donors (Lipinski definition) is 2. The maximum absolute atomic E-state index is 5.72. The van der Waals surface area contributed by atoms with Gasteiger partial charge >= 0.3 is 6.01 Å². The summed E-state index contributed by atoms with van der Waals surface area (Å²) in [4.78, 5) is 11.1. The van der Waals surface area contributed by atoms with Crippen molar-refractivity contribution in [1.82, 2.24) is 15.0 Å². The van der Waals surface area contributed by atoms with Crippen LogP contribution in [0.15, 0.2) is 6.20 Å². The van der Waals surface area contributed by atoms with Crippen LogP contribution in [0.25, 0.3) is 11.0 Å². The number of aromatic amines is 1. The van der Waals surface area contributed by atoms with Crippen LogP contribution in [-0.2, 0) is 0 Å². The van der Waals surface area contributed by atoms with Crippen LogP contribution >= 0.6 is 0 Å². The second-order valence-corrected chi connectivity index (χ2v) is 3.25. The third-order valence-electron chi connectivity index (χ3n) is 2.07. The van der Waals surface area contributed by atoms with E-state index in [4.69, 9.17) is 10.5 Å². The van der Waals surface area contributed by atoms with Crippen LogP contribution in [0.1, 0.15) is 19.8 Å². The van der Waals surface area contributed by atoms with Gasteiger partial charge in [0.25, 0.3) is 0 Å². The molecule has 0 aliphatic rings. The molecular formula is C10H13N4O. The standard InChI is InChI=1S/C10H13N4O/c1-2-3-6-15-10-13-7-4-5-12-8(7)9(11)14-10/h5,12H,2-3,6H2,1H3,(H2,11,13,14). The number of ether oxygens (including phenoxy) is 1. The summed E-state index contributed by atoms with van der Waals surface area (Å²) in [5.74, 6) is 0.396. The average molecular weight is 205 g/mol. The number of nitrogen functional groups attached to an aromatic ring is 1. The number of H-pyrrole nitrogens is 1. The minimum Gasteiger partial charge on any atom is -0.463 e. The molecule has 0 amide bonds. The molecule has 0 saturated carbocycles. The minimum absolute atomic E-state index is 0.323. The molecule has 5 nitrogen and oxygen atoms in total. The van der Waals surface area contributed by atoms with Gasteiger partial charge in [-0.15, -0.1) is 0 Å². The molecule has 1 radical (unpaired) electrons. The van der Waals surface area contributed by atoms with Crippen LogP contribution in [0.3, 0.4) is 0 Å². The molecule has 0 bridgehead atoms. The number of unbranched alkanes of at least 4 members (excludes halogenated alkanes) is 1. The summed E-state index contributed by atoms with van der Waals surface area (Å²) >= 11 is 0. The lowest BCUT2D eigenvalue weighted by atomic mass is 10.4. The van der Waals surface area contributed by atoms with Gasteiger partial charge in [-0.2, -0.15) is 9.97 Å². The summed E-state index contributed by atoms with van der Waals surface area (Å²) in [6.07, 6.45) is 3.72. The van der Waals surface area contributed by atoms with Crippen molar-refractivity contribution in [3.8, 4) is 6.01 Å². The zero-order chi connectivity index (χ0) is 10.7. The van der Waals surface area contributed by atoms with Crippen LogP contribution in [0.2, 0.25) is 0 Å². The van der Waals surface area contributed by atoms with Gasteiger partial charge < -0.3 is 15.5 Å². The summed E-state index contributed by atoms with van der Waals surface area (Å²) in [5.41, 5.74) is 7.09. The van der Waals surface area contributed by atoms with Crippen molar-refractivity contribution in [1.29, 1.82) is 0 Å². The van der Waals surface area contributed by atoms with Gasteiger partial charge in [-0.05, 0) is 6.42 Å². The highest BCUT2D eigenvalue weighted by Gasteiger charge is 2.06. The van der Waals surface area contributed by atoms with E-state index in [1.54, 1.807) is 6.20 Å². The van der Waals surface area contributed by atoms with Crippen LogP contribution < -0.4 is 10.5 Å². The largest absolute Gasteiger partial charge is 0.463 e. The zero-order valence-electron chi connectivity index (χ0n) is 8.58. The SMILES string of the molecule is CCCCOc1nc(N)c2[nH]c[c]c2n1. The molecule has 15 heavy (non-hydrogen) atoms. The minimum atomic E-state index is 0.323. The van der Waals surface area contributed by atoms with E-state index in [1.165, 1.54) is 0 Å². The first-order valence-electron chi connectivity index (χ1n) is 4.96. The maximum Gasteiger partial charge on any atom is 0.319 e. The number of fused-ring (bicyclic) bond motifs is 1. The molecule has 2 heterocycles. The molecule has 2 aromatic rings. The zero-order valence-corrected chi connectivity index (χ0v) is 8.58. The molecule has 0 saturated heterocycles. The number of nitrogens with two attached hydrogens (primary N) is 1. The lowest BCUT2D eigenvalue weighted by Crippen LogP contribution is -2.03. The van der Waals surface area contributed by atoms with Crippen molar-refractivity contribution in [2.24, 2.45) is 0 Å². The van der Waals surface area contributed by atoms with E-state index < -0.39 is 0 Å². The fraction of sp³-hybridized carbons (Fsp3) is 0.400. The summed E-state index contributed by atoms with van der Waals surface area (Å²) in [7, 11) is 0. The number of anilines is 1. The van der Waals surface area contributed by atoms with E-state index >= 15 is 0 Å². The molecule has 0 unspecified atom stereocenters. The van der Waals surface area contributed by atoms with E-state index in [1.807, 2.05) is 0 Å². The Kier molecular flexibility index (Phi) is 2.71. The highest BCUT2D eigenvalue weighted by molar-refractivity contribution is 5.84. The van der Waals surface area contributed by atoms with Crippen molar-refractivity contribution in [3.05, 3.63) is 12.3 Å². The van der Waals surface area contributed by atoms with Crippen molar-refractivity contribution in [3.63, 3.8) is 0 Å². The summed E-state index contributed by atoms with van der Waals surface area (Å²) in [6, 6.07) is 3.25. The first-order chi connectivity index (χ1) is 7.31. The molecule has 2 aromatic heterocycles. The van der Waals surface area contributed by atoms with Crippen molar-refractivity contribution in [2.75, 3.05) is 12.3 Å². The summed E-state index contributed by atoms with van der Waals surface area (Å²) < 4.78 is 5.37. The molecule has 0 atom stereocenters. The maximum atomic E-state index is 5.72. The van der Waals surface area contributed by atoms with Gasteiger partial charge in [0.15, 0.2) is 5.82 Å². The molecule has 0 spiro atoms. The second-order valence-electron chi connectivity index (χ2n) is 3.25. The number of hydrogen-bond acceptors (Lipinski definition) is 4. The van der Waals surface area contributed by atoms with Crippen molar-refractivity contribution >= 4 is 16.9 Å². The van der Waals surface area contributed by atoms with Gasteiger partial charge in [-0.3, -0.25) is 0 Å². The van der Waals surface area contributed by atoms with Crippen molar-refractivity contribution < 1.29 is 4.74 Å². The Bertz CT molecular complexity index is 452. The number of rotatable bonds is 4. The van der Waals surface area contributed by atoms with E-state index in [0.29, 0.717) is 29.5 Å². The lowest BCUT2D eigenvalue weighted by molar-refractivity contribution is 0.287. The van der Waals surface area contributed by atoms with E-state index in [-0.39, 0.29) is 0 Å². The molecule has 0 aromatic carbocycles. The molecule has 3 N–H and O–H groups in total.